The van der Waals surface area contributed by atoms with E-state index in [1.54, 1.807) is 0 Å². The average molecular weight is 507 g/mol. The molecule has 6 heteroatoms. The number of aryl methyl sites for hydroxylation is 2. The number of hydrogen-bond donors (Lipinski definition) is 1. The minimum atomic E-state index is -0.144. The van der Waals surface area contributed by atoms with Gasteiger partial charge in [-0.2, -0.15) is 0 Å². The van der Waals surface area contributed by atoms with Gasteiger partial charge in [0.25, 0.3) is 5.91 Å². The lowest BCUT2D eigenvalue weighted by Gasteiger charge is -2.09. The average Bonchev–Trinajstić information content (AvgIpc) is 3.12. The maximum absolute atomic E-state index is 12.4. The van der Waals surface area contributed by atoms with Crippen LogP contribution < -0.4 is 10.1 Å². The van der Waals surface area contributed by atoms with E-state index < -0.39 is 0 Å². The van der Waals surface area contributed by atoms with Gasteiger partial charge in [-0.25, -0.2) is 4.99 Å². The molecule has 3 aromatic rings. The van der Waals surface area contributed by atoms with Gasteiger partial charge in [-0.15, -0.1) is 0 Å². The lowest BCUT2D eigenvalue weighted by atomic mass is 10.1. The van der Waals surface area contributed by atoms with Crippen LogP contribution in [0.5, 0.6) is 5.75 Å². The highest BCUT2D eigenvalue weighted by Gasteiger charge is 2.23. The van der Waals surface area contributed by atoms with Crippen molar-refractivity contribution in [2.75, 3.05) is 0 Å². The van der Waals surface area contributed by atoms with Crippen LogP contribution >= 0.6 is 27.7 Å². The molecule has 4 nitrogen and oxygen atoms in total. The van der Waals surface area contributed by atoms with Crippen LogP contribution in [0.3, 0.4) is 0 Å². The quantitative estimate of drug-likeness (QED) is 0.374. The van der Waals surface area contributed by atoms with Gasteiger partial charge in [0.05, 0.1) is 15.1 Å². The van der Waals surface area contributed by atoms with Crippen molar-refractivity contribution in [3.8, 4) is 5.75 Å². The van der Waals surface area contributed by atoms with Crippen LogP contribution in [0.15, 0.2) is 81.1 Å². The number of ether oxygens (including phenoxy) is 1. The molecule has 162 valence electrons. The lowest BCUT2D eigenvalue weighted by Crippen LogP contribution is -2.19. The Morgan fingerprint density at radius 2 is 1.88 bits per heavy atom. The second kappa shape index (κ2) is 10.2. The Bertz CT molecular complexity index is 1200. The molecule has 0 radical (unpaired) electrons. The number of rotatable bonds is 6. The molecule has 3 aromatic carbocycles. The fourth-order valence-corrected chi connectivity index (χ4v) is 4.60. The summed E-state index contributed by atoms with van der Waals surface area (Å²) < 4.78 is 6.79. The van der Waals surface area contributed by atoms with Crippen LogP contribution in [0.1, 0.15) is 29.2 Å². The number of carbonyl (C=O) groups excluding carboxylic acids is 1. The molecular formula is C26H23BrN2O2S. The molecule has 0 unspecified atom stereocenters. The van der Waals surface area contributed by atoms with E-state index in [-0.39, 0.29) is 5.91 Å². The predicted molar refractivity (Wildman–Crippen MR) is 136 cm³/mol. The molecule has 0 saturated carbocycles. The van der Waals surface area contributed by atoms with E-state index in [0.717, 1.165) is 33.5 Å². The van der Waals surface area contributed by atoms with Crippen molar-refractivity contribution in [1.82, 2.24) is 5.32 Å². The summed E-state index contributed by atoms with van der Waals surface area (Å²) in [5, 5.41) is 3.43. The van der Waals surface area contributed by atoms with Crippen LogP contribution in [-0.4, -0.2) is 11.1 Å². The summed E-state index contributed by atoms with van der Waals surface area (Å²) >= 11 is 4.92. The highest BCUT2D eigenvalue weighted by molar-refractivity contribution is 9.10. The predicted octanol–water partition coefficient (Wildman–Crippen LogP) is 6.79. The topological polar surface area (TPSA) is 50.7 Å². The van der Waals surface area contributed by atoms with Crippen LogP contribution in [-0.2, 0) is 17.8 Å². The zero-order valence-corrected chi connectivity index (χ0v) is 20.3. The minimum Gasteiger partial charge on any atom is -0.488 e. The van der Waals surface area contributed by atoms with Gasteiger partial charge >= 0.3 is 0 Å². The molecule has 0 spiro atoms. The van der Waals surface area contributed by atoms with Gasteiger partial charge < -0.3 is 10.1 Å². The number of benzene rings is 3. The second-order valence-corrected chi connectivity index (χ2v) is 9.35. The molecule has 1 fully saturated rings. The molecule has 1 amide bonds. The third-order valence-corrected chi connectivity index (χ3v) is 6.49. The molecule has 1 heterocycles. The fourth-order valence-electron chi connectivity index (χ4n) is 3.24. The Morgan fingerprint density at radius 1 is 1.06 bits per heavy atom. The van der Waals surface area contributed by atoms with Gasteiger partial charge in [0.2, 0.25) is 0 Å². The molecule has 1 N–H and O–H groups in total. The number of nitrogens with zero attached hydrogens (tertiary/aromatic N) is 1. The van der Waals surface area contributed by atoms with Gasteiger partial charge in [0.15, 0.2) is 5.17 Å². The van der Waals surface area contributed by atoms with E-state index in [1.165, 1.54) is 22.9 Å². The molecule has 1 aliphatic rings. The van der Waals surface area contributed by atoms with E-state index in [4.69, 9.17) is 4.74 Å². The van der Waals surface area contributed by atoms with Crippen molar-refractivity contribution in [1.29, 1.82) is 0 Å². The van der Waals surface area contributed by atoms with Gasteiger partial charge in [0.1, 0.15) is 12.4 Å². The SMILES string of the molecule is CCc1ccc(N=C2NC(=O)/C(=C/c3ccc(OCc4cccc(C)c4)c(Br)c3)S2)cc1. The molecule has 32 heavy (non-hydrogen) atoms. The van der Waals surface area contributed by atoms with Crippen LogP contribution in [0.2, 0.25) is 0 Å². The first-order valence-electron chi connectivity index (χ1n) is 10.4. The van der Waals surface area contributed by atoms with Crippen molar-refractivity contribution in [2.24, 2.45) is 4.99 Å². The maximum Gasteiger partial charge on any atom is 0.264 e. The molecule has 1 aliphatic heterocycles. The Morgan fingerprint density at radius 3 is 2.59 bits per heavy atom. The van der Waals surface area contributed by atoms with Gasteiger partial charge in [-0.05, 0) is 88.1 Å². The number of nitrogens with one attached hydrogen (secondary N) is 1. The zero-order chi connectivity index (χ0) is 22.5. The van der Waals surface area contributed by atoms with Crippen molar-refractivity contribution < 1.29 is 9.53 Å². The standard InChI is InChI=1S/C26H23BrN2O2S/c1-3-18-7-10-21(11-8-18)28-26-29-25(30)24(32-26)15-19-9-12-23(22(27)14-19)31-16-20-6-4-5-17(2)13-20/h4-15H,3,16H2,1-2H3,(H,28,29,30)/b24-15-. The molecule has 0 aromatic heterocycles. The first-order valence-corrected chi connectivity index (χ1v) is 12.0. The van der Waals surface area contributed by atoms with Crippen LogP contribution in [0.4, 0.5) is 5.69 Å². The molecule has 0 aliphatic carbocycles. The highest BCUT2D eigenvalue weighted by atomic mass is 79.9. The van der Waals surface area contributed by atoms with E-state index in [2.05, 4.69) is 64.4 Å². The van der Waals surface area contributed by atoms with Gasteiger partial charge in [-0.3, -0.25) is 4.79 Å². The molecular weight excluding hydrogens is 484 g/mol. The number of hydrogen-bond acceptors (Lipinski definition) is 4. The van der Waals surface area contributed by atoms with Gasteiger partial charge in [0, 0.05) is 0 Å². The highest BCUT2D eigenvalue weighted by Crippen LogP contribution is 2.31. The molecule has 0 bridgehead atoms. The summed E-state index contributed by atoms with van der Waals surface area (Å²) in [6.07, 6.45) is 2.85. The zero-order valence-electron chi connectivity index (χ0n) is 17.9. The lowest BCUT2D eigenvalue weighted by molar-refractivity contribution is -0.115. The van der Waals surface area contributed by atoms with Gasteiger partial charge in [-0.1, -0.05) is 55.0 Å². The van der Waals surface area contributed by atoms with E-state index in [1.807, 2.05) is 48.5 Å². The largest absolute Gasteiger partial charge is 0.488 e. The normalized spacial score (nSPS) is 15.9. The smallest absolute Gasteiger partial charge is 0.264 e. The van der Waals surface area contributed by atoms with E-state index in [0.29, 0.717) is 16.7 Å². The van der Waals surface area contributed by atoms with Crippen LogP contribution in [0, 0.1) is 6.92 Å². The van der Waals surface area contributed by atoms with Crippen molar-refractivity contribution >= 4 is 50.5 Å². The fraction of sp³-hybridized carbons (Fsp3) is 0.154. The molecule has 1 saturated heterocycles. The van der Waals surface area contributed by atoms with Crippen LogP contribution in [0.25, 0.3) is 6.08 Å². The minimum absolute atomic E-state index is 0.144. The summed E-state index contributed by atoms with van der Waals surface area (Å²) in [4.78, 5) is 17.6. The molecule has 4 rings (SSSR count). The number of thioether (sulfide) groups is 1. The summed E-state index contributed by atoms with van der Waals surface area (Å²) in [5.41, 5.74) is 5.32. The Labute approximate surface area is 200 Å². The van der Waals surface area contributed by atoms with E-state index >= 15 is 0 Å². The number of amides is 1. The number of halogens is 1. The first-order chi connectivity index (χ1) is 15.5. The summed E-state index contributed by atoms with van der Waals surface area (Å²) in [5.74, 6) is 0.616. The van der Waals surface area contributed by atoms with Crippen molar-refractivity contribution in [2.45, 2.75) is 26.9 Å². The Balaban J connectivity index is 1.44. The number of carbonyl (C=O) groups is 1. The summed E-state index contributed by atoms with van der Waals surface area (Å²) in [6.45, 7) is 4.68. The maximum atomic E-state index is 12.4. The first kappa shape index (κ1) is 22.4. The number of amidine groups is 1. The Kier molecular flexibility index (Phi) is 7.12. The third kappa shape index (κ3) is 5.69. The molecule has 0 atom stereocenters. The van der Waals surface area contributed by atoms with Crippen molar-refractivity contribution in [3.63, 3.8) is 0 Å². The van der Waals surface area contributed by atoms with E-state index in [9.17, 15) is 4.79 Å². The third-order valence-electron chi connectivity index (χ3n) is 4.96. The summed E-state index contributed by atoms with van der Waals surface area (Å²) in [6, 6.07) is 22.1. The second-order valence-electron chi connectivity index (χ2n) is 7.47. The van der Waals surface area contributed by atoms with Crippen molar-refractivity contribution in [3.05, 3.63) is 98.4 Å². The number of aliphatic imine (C=N–C) groups is 1. The monoisotopic (exact) mass is 506 g/mol. The Hall–Kier alpha value is -2.83. The summed E-state index contributed by atoms with van der Waals surface area (Å²) in [7, 11) is 0.